The fraction of sp³-hybridized carbons (Fsp3) is 0.100. The molecule has 3 nitrogen and oxygen atoms in total. The van der Waals surface area contributed by atoms with Crippen LogP contribution in [-0.4, -0.2) is 11.1 Å². The van der Waals surface area contributed by atoms with Crippen LogP contribution in [0.2, 0.25) is 0 Å². The number of benzene rings is 1. The molecule has 0 saturated carbocycles. The van der Waals surface area contributed by atoms with Gasteiger partial charge in [0, 0.05) is 11.2 Å². The summed E-state index contributed by atoms with van der Waals surface area (Å²) in [6, 6.07) is 7.40. The maximum absolute atomic E-state index is 10.7. The van der Waals surface area contributed by atoms with Crippen molar-refractivity contribution in [3.05, 3.63) is 34.7 Å². The van der Waals surface area contributed by atoms with E-state index in [9.17, 15) is 4.79 Å². The van der Waals surface area contributed by atoms with Crippen molar-refractivity contribution < 1.29 is 9.90 Å². The van der Waals surface area contributed by atoms with E-state index in [1.165, 1.54) is 11.3 Å². The SMILES string of the molecule is NCc1cccc2cc(C(=O)O)sc12. The lowest BCUT2D eigenvalue weighted by atomic mass is 10.1. The quantitative estimate of drug-likeness (QED) is 0.792. The van der Waals surface area contributed by atoms with E-state index in [-0.39, 0.29) is 0 Å². The molecule has 0 unspecified atom stereocenters. The average Bonchev–Trinajstić information content (AvgIpc) is 2.60. The van der Waals surface area contributed by atoms with E-state index in [0.29, 0.717) is 11.4 Å². The molecule has 4 heteroatoms. The zero-order valence-corrected chi connectivity index (χ0v) is 8.17. The van der Waals surface area contributed by atoms with Gasteiger partial charge < -0.3 is 10.8 Å². The highest BCUT2D eigenvalue weighted by molar-refractivity contribution is 7.20. The number of carboxylic acid groups (broad SMARTS) is 1. The molecule has 0 aliphatic rings. The number of carbonyl (C=O) groups is 1. The monoisotopic (exact) mass is 207 g/mol. The summed E-state index contributed by atoms with van der Waals surface area (Å²) in [6.07, 6.45) is 0. The second-order valence-electron chi connectivity index (χ2n) is 2.96. The normalized spacial score (nSPS) is 10.6. The summed E-state index contributed by atoms with van der Waals surface area (Å²) in [4.78, 5) is 11.1. The number of fused-ring (bicyclic) bond motifs is 1. The molecule has 2 aromatic rings. The summed E-state index contributed by atoms with van der Waals surface area (Å²) < 4.78 is 0.979. The van der Waals surface area contributed by atoms with Crippen LogP contribution in [0.1, 0.15) is 15.2 Å². The van der Waals surface area contributed by atoms with Crippen molar-refractivity contribution in [2.45, 2.75) is 6.54 Å². The summed E-state index contributed by atoms with van der Waals surface area (Å²) in [7, 11) is 0. The van der Waals surface area contributed by atoms with Crippen LogP contribution in [0.5, 0.6) is 0 Å². The minimum atomic E-state index is -0.880. The average molecular weight is 207 g/mol. The molecule has 1 aromatic heterocycles. The minimum absolute atomic E-state index is 0.362. The van der Waals surface area contributed by atoms with Gasteiger partial charge in [-0.05, 0) is 17.0 Å². The van der Waals surface area contributed by atoms with Crippen molar-refractivity contribution in [1.82, 2.24) is 0 Å². The first-order chi connectivity index (χ1) is 6.72. The molecule has 2 rings (SSSR count). The standard InChI is InChI=1S/C10H9NO2S/c11-5-7-3-1-2-6-4-8(10(12)13)14-9(6)7/h1-4H,5,11H2,(H,12,13). The Bertz CT molecular complexity index is 490. The Balaban J connectivity index is 2.70. The Morgan fingerprint density at radius 1 is 1.50 bits per heavy atom. The molecule has 0 radical (unpaired) electrons. The molecular weight excluding hydrogens is 198 g/mol. The van der Waals surface area contributed by atoms with E-state index >= 15 is 0 Å². The number of hydrogen-bond acceptors (Lipinski definition) is 3. The van der Waals surface area contributed by atoms with Crippen molar-refractivity contribution in [2.24, 2.45) is 5.73 Å². The van der Waals surface area contributed by atoms with Gasteiger partial charge in [0.25, 0.3) is 0 Å². The lowest BCUT2D eigenvalue weighted by Crippen LogP contribution is -1.95. The number of thiophene rings is 1. The van der Waals surface area contributed by atoms with Gasteiger partial charge in [-0.15, -0.1) is 11.3 Å². The third kappa shape index (κ3) is 1.38. The maximum Gasteiger partial charge on any atom is 0.345 e. The molecule has 72 valence electrons. The second-order valence-corrected chi connectivity index (χ2v) is 4.01. The zero-order chi connectivity index (χ0) is 10.1. The van der Waals surface area contributed by atoms with Gasteiger partial charge >= 0.3 is 5.97 Å². The van der Waals surface area contributed by atoms with Gasteiger partial charge in [-0.1, -0.05) is 18.2 Å². The highest BCUT2D eigenvalue weighted by Gasteiger charge is 2.09. The predicted molar refractivity (Wildman–Crippen MR) is 56.7 cm³/mol. The molecule has 0 fully saturated rings. The summed E-state index contributed by atoms with van der Waals surface area (Å²) in [6.45, 7) is 0.441. The predicted octanol–water partition coefficient (Wildman–Crippen LogP) is 2.06. The highest BCUT2D eigenvalue weighted by Crippen LogP contribution is 2.28. The fourth-order valence-corrected chi connectivity index (χ4v) is 2.41. The maximum atomic E-state index is 10.7. The smallest absolute Gasteiger partial charge is 0.345 e. The third-order valence-electron chi connectivity index (χ3n) is 2.06. The van der Waals surface area contributed by atoms with Crippen LogP contribution >= 0.6 is 11.3 Å². The van der Waals surface area contributed by atoms with Crippen LogP contribution in [-0.2, 0) is 6.54 Å². The van der Waals surface area contributed by atoms with E-state index in [1.807, 2.05) is 18.2 Å². The first-order valence-electron chi connectivity index (χ1n) is 4.17. The molecule has 0 aliphatic heterocycles. The van der Waals surface area contributed by atoms with Gasteiger partial charge in [-0.25, -0.2) is 4.79 Å². The molecule has 0 bridgehead atoms. The van der Waals surface area contributed by atoms with Crippen LogP contribution in [0.3, 0.4) is 0 Å². The van der Waals surface area contributed by atoms with Crippen molar-refractivity contribution >= 4 is 27.4 Å². The molecule has 0 saturated heterocycles. The van der Waals surface area contributed by atoms with E-state index in [4.69, 9.17) is 10.8 Å². The second kappa shape index (κ2) is 3.40. The van der Waals surface area contributed by atoms with Gasteiger partial charge in [0.2, 0.25) is 0 Å². The van der Waals surface area contributed by atoms with Gasteiger partial charge in [0.15, 0.2) is 0 Å². The Morgan fingerprint density at radius 2 is 2.29 bits per heavy atom. The van der Waals surface area contributed by atoms with Crippen molar-refractivity contribution in [3.8, 4) is 0 Å². The van der Waals surface area contributed by atoms with Crippen molar-refractivity contribution in [1.29, 1.82) is 0 Å². The zero-order valence-electron chi connectivity index (χ0n) is 7.36. The van der Waals surface area contributed by atoms with Crippen LogP contribution in [0, 0.1) is 0 Å². The Hall–Kier alpha value is -1.39. The highest BCUT2D eigenvalue weighted by atomic mass is 32.1. The number of aromatic carboxylic acids is 1. The topological polar surface area (TPSA) is 63.3 Å². The van der Waals surface area contributed by atoms with Crippen LogP contribution in [0.4, 0.5) is 0 Å². The van der Waals surface area contributed by atoms with Crippen molar-refractivity contribution in [3.63, 3.8) is 0 Å². The summed E-state index contributed by atoms with van der Waals surface area (Å²) in [5.41, 5.74) is 6.56. The summed E-state index contributed by atoms with van der Waals surface area (Å²) in [5, 5.41) is 9.78. The Labute approximate surface area is 84.8 Å². The number of hydrogen-bond donors (Lipinski definition) is 2. The molecule has 3 N–H and O–H groups in total. The number of carboxylic acids is 1. The molecular formula is C10H9NO2S. The van der Waals surface area contributed by atoms with Crippen LogP contribution in [0.15, 0.2) is 24.3 Å². The summed E-state index contributed by atoms with van der Waals surface area (Å²) in [5.74, 6) is -0.880. The minimum Gasteiger partial charge on any atom is -0.477 e. The van der Waals surface area contributed by atoms with Crippen molar-refractivity contribution in [2.75, 3.05) is 0 Å². The van der Waals surface area contributed by atoms with Crippen LogP contribution < -0.4 is 5.73 Å². The fourth-order valence-electron chi connectivity index (χ4n) is 1.39. The summed E-state index contributed by atoms with van der Waals surface area (Å²) >= 11 is 1.28. The van der Waals surface area contributed by atoms with Crippen LogP contribution in [0.25, 0.3) is 10.1 Å². The van der Waals surface area contributed by atoms with E-state index < -0.39 is 5.97 Å². The van der Waals surface area contributed by atoms with Gasteiger partial charge in [0.05, 0.1) is 0 Å². The van der Waals surface area contributed by atoms with E-state index in [1.54, 1.807) is 6.07 Å². The Morgan fingerprint density at radius 3 is 2.93 bits per heavy atom. The lowest BCUT2D eigenvalue weighted by molar-refractivity contribution is 0.0702. The van der Waals surface area contributed by atoms with Gasteiger partial charge in [0.1, 0.15) is 4.88 Å². The largest absolute Gasteiger partial charge is 0.477 e. The lowest BCUT2D eigenvalue weighted by Gasteiger charge is -1.96. The first kappa shape index (κ1) is 9.18. The van der Waals surface area contributed by atoms with E-state index in [2.05, 4.69) is 0 Å². The molecule has 0 atom stereocenters. The number of rotatable bonds is 2. The molecule has 0 aliphatic carbocycles. The van der Waals surface area contributed by atoms with Gasteiger partial charge in [-0.2, -0.15) is 0 Å². The van der Waals surface area contributed by atoms with Gasteiger partial charge in [-0.3, -0.25) is 0 Å². The first-order valence-corrected chi connectivity index (χ1v) is 4.99. The third-order valence-corrected chi connectivity index (χ3v) is 3.27. The molecule has 1 aromatic carbocycles. The molecule has 1 heterocycles. The van der Waals surface area contributed by atoms with E-state index in [0.717, 1.165) is 15.6 Å². The Kier molecular flexibility index (Phi) is 2.23. The molecule has 0 amide bonds. The molecule has 0 spiro atoms. The molecule has 14 heavy (non-hydrogen) atoms. The number of nitrogens with two attached hydrogens (primary N) is 1.